The van der Waals surface area contributed by atoms with Crippen molar-refractivity contribution < 1.29 is 0 Å². The van der Waals surface area contributed by atoms with Crippen molar-refractivity contribution in [2.45, 2.75) is 57.8 Å². The van der Waals surface area contributed by atoms with E-state index in [1.54, 1.807) is 0 Å². The van der Waals surface area contributed by atoms with E-state index in [-0.39, 0.29) is 16.2 Å². The Balaban J connectivity index is 1.17. The van der Waals surface area contributed by atoms with Gasteiger partial charge in [0.05, 0.1) is 11.4 Å². The van der Waals surface area contributed by atoms with E-state index in [9.17, 15) is 0 Å². The number of benzene rings is 10. The van der Waals surface area contributed by atoms with Crippen LogP contribution in [0.1, 0.15) is 74.9 Å². The van der Waals surface area contributed by atoms with Crippen LogP contribution in [0, 0.1) is 0 Å². The topological polar surface area (TPSA) is 3.24 Å². The van der Waals surface area contributed by atoms with E-state index in [1.807, 2.05) is 0 Å². The molecule has 0 amide bonds. The molecule has 0 unspecified atom stereocenters. The van der Waals surface area contributed by atoms with E-state index in [1.165, 1.54) is 99.8 Å². The molecule has 10 aromatic carbocycles. The molecule has 0 atom stereocenters. The summed E-state index contributed by atoms with van der Waals surface area (Å²) < 4.78 is 0. The summed E-state index contributed by atoms with van der Waals surface area (Å²) in [7, 11) is 0. The number of nitrogens with zero attached hydrogens (tertiary/aromatic N) is 1. The molecule has 1 nitrogen and oxygen atoms in total. The first-order chi connectivity index (χ1) is 33.0. The maximum Gasteiger partial charge on any atom is 0.0546 e. The van der Waals surface area contributed by atoms with Crippen LogP contribution in [-0.4, -0.2) is 0 Å². The molecule has 0 aromatic heterocycles. The van der Waals surface area contributed by atoms with Crippen LogP contribution >= 0.6 is 0 Å². The lowest BCUT2D eigenvalue weighted by Gasteiger charge is -2.33. The Morgan fingerprint density at radius 1 is 0.338 bits per heavy atom. The van der Waals surface area contributed by atoms with Gasteiger partial charge in [-0.15, -0.1) is 0 Å². The van der Waals surface area contributed by atoms with Gasteiger partial charge >= 0.3 is 0 Å². The van der Waals surface area contributed by atoms with Crippen molar-refractivity contribution >= 4 is 27.8 Å². The van der Waals surface area contributed by atoms with Crippen LogP contribution in [0.4, 0.5) is 17.1 Å². The Morgan fingerprint density at radius 2 is 0.897 bits per heavy atom. The van der Waals surface area contributed by atoms with Crippen LogP contribution in [0.3, 0.4) is 0 Å². The minimum Gasteiger partial charge on any atom is -0.309 e. The number of rotatable bonds is 8. The van der Waals surface area contributed by atoms with Crippen molar-refractivity contribution in [2.75, 3.05) is 4.90 Å². The zero-order valence-corrected chi connectivity index (χ0v) is 39.8. The second kappa shape index (κ2) is 15.7. The first-order valence-electron chi connectivity index (χ1n) is 24.2. The fourth-order valence-corrected chi connectivity index (χ4v) is 11.9. The molecule has 0 heterocycles. The number of hydrogen-bond donors (Lipinski definition) is 0. The van der Waals surface area contributed by atoms with Gasteiger partial charge in [0.15, 0.2) is 0 Å². The molecule has 0 N–H and O–H groups in total. The quantitative estimate of drug-likeness (QED) is 0.147. The van der Waals surface area contributed by atoms with Crippen molar-refractivity contribution in [3.8, 4) is 55.6 Å². The fourth-order valence-electron chi connectivity index (χ4n) is 11.9. The third-order valence-electron chi connectivity index (χ3n) is 15.6. The van der Waals surface area contributed by atoms with E-state index in [0.717, 1.165) is 17.1 Å². The molecule has 12 rings (SSSR count). The molecule has 0 saturated heterocycles. The van der Waals surface area contributed by atoms with E-state index in [2.05, 4.69) is 271 Å². The standard InChI is InChI=1S/C67H55N/c1-65(2,46-25-11-8-12-26-46)47-37-41-61(55(42-47)44-22-9-7-10-23-44)68(48-38-39-59-56(43-48)51-29-17-19-33-57(51)66(59,3)4)62-40-36-45-24-13-14-27-49(45)64(62)53-30-16-15-28-50(53)52-32-21-35-60-63(52)54-31-18-20-34-58(54)67(60,5)6/h7-43H,1-6H3. The highest BCUT2D eigenvalue weighted by Gasteiger charge is 2.38. The summed E-state index contributed by atoms with van der Waals surface area (Å²) in [6.45, 7) is 14.2. The Kier molecular flexibility index (Phi) is 9.61. The van der Waals surface area contributed by atoms with Gasteiger partial charge in [-0.3, -0.25) is 0 Å². The van der Waals surface area contributed by atoms with Crippen LogP contribution < -0.4 is 4.90 Å². The number of hydrogen-bond acceptors (Lipinski definition) is 1. The summed E-state index contributed by atoms with van der Waals surface area (Å²) in [6.07, 6.45) is 0. The first kappa shape index (κ1) is 41.7. The lowest BCUT2D eigenvalue weighted by atomic mass is 9.77. The summed E-state index contributed by atoms with van der Waals surface area (Å²) >= 11 is 0. The summed E-state index contributed by atoms with van der Waals surface area (Å²) in [5.74, 6) is 0. The summed E-state index contributed by atoms with van der Waals surface area (Å²) in [5, 5.41) is 2.42. The summed E-state index contributed by atoms with van der Waals surface area (Å²) in [6, 6.07) is 84.1. The van der Waals surface area contributed by atoms with Crippen molar-refractivity contribution in [1.82, 2.24) is 0 Å². The number of fused-ring (bicyclic) bond motifs is 7. The number of anilines is 3. The summed E-state index contributed by atoms with van der Waals surface area (Å²) in [4.78, 5) is 2.57. The molecule has 0 aliphatic heterocycles. The van der Waals surface area contributed by atoms with Gasteiger partial charge < -0.3 is 4.90 Å². The lowest BCUT2D eigenvalue weighted by molar-refractivity contribution is 0.641. The molecule has 0 saturated carbocycles. The van der Waals surface area contributed by atoms with Gasteiger partial charge in [-0.25, -0.2) is 0 Å². The maximum atomic E-state index is 2.57. The van der Waals surface area contributed by atoms with Crippen molar-refractivity contribution in [1.29, 1.82) is 0 Å². The largest absolute Gasteiger partial charge is 0.309 e. The zero-order chi connectivity index (χ0) is 46.4. The highest BCUT2D eigenvalue weighted by atomic mass is 15.1. The fraction of sp³-hybridized carbons (Fsp3) is 0.134. The molecule has 2 aliphatic rings. The van der Waals surface area contributed by atoms with Gasteiger partial charge in [0.25, 0.3) is 0 Å². The second-order valence-electron chi connectivity index (χ2n) is 20.4. The average molecular weight is 874 g/mol. The van der Waals surface area contributed by atoms with E-state index >= 15 is 0 Å². The Morgan fingerprint density at radius 3 is 1.66 bits per heavy atom. The van der Waals surface area contributed by atoms with Crippen LogP contribution in [0.5, 0.6) is 0 Å². The maximum absolute atomic E-state index is 2.57. The van der Waals surface area contributed by atoms with Crippen LogP contribution in [-0.2, 0) is 16.2 Å². The predicted molar refractivity (Wildman–Crippen MR) is 289 cm³/mol. The minimum atomic E-state index is -0.243. The molecular formula is C67H55N. The van der Waals surface area contributed by atoms with Crippen LogP contribution in [0.2, 0.25) is 0 Å². The normalized spacial score (nSPS) is 14.0. The van der Waals surface area contributed by atoms with Crippen LogP contribution in [0.25, 0.3) is 66.4 Å². The van der Waals surface area contributed by atoms with Gasteiger partial charge in [0, 0.05) is 33.1 Å². The third kappa shape index (κ3) is 6.36. The summed E-state index contributed by atoms with van der Waals surface area (Å²) in [5.41, 5.74) is 23.4. The Labute approximate surface area is 402 Å². The lowest BCUT2D eigenvalue weighted by Crippen LogP contribution is -2.20. The molecule has 328 valence electrons. The molecule has 0 bridgehead atoms. The molecule has 0 fully saturated rings. The molecule has 68 heavy (non-hydrogen) atoms. The van der Waals surface area contributed by atoms with Crippen molar-refractivity contribution in [3.05, 3.63) is 258 Å². The van der Waals surface area contributed by atoms with Gasteiger partial charge in [-0.2, -0.15) is 0 Å². The minimum absolute atomic E-state index is 0.117. The smallest absolute Gasteiger partial charge is 0.0546 e. The molecule has 1 heteroatoms. The highest BCUT2D eigenvalue weighted by Crippen LogP contribution is 2.56. The SMILES string of the molecule is CC(C)(c1ccccc1)c1ccc(N(c2ccc3c(c2)-c2ccccc2C3(C)C)c2ccc3ccccc3c2-c2ccccc2-c2cccc3c2-c2ccccc2C3(C)C)c(-c2ccccc2)c1. The molecule has 0 radical (unpaired) electrons. The highest BCUT2D eigenvalue weighted by molar-refractivity contribution is 6.10. The van der Waals surface area contributed by atoms with Crippen LogP contribution in [0.15, 0.2) is 224 Å². The zero-order valence-electron chi connectivity index (χ0n) is 39.8. The second-order valence-corrected chi connectivity index (χ2v) is 20.4. The van der Waals surface area contributed by atoms with Crippen molar-refractivity contribution in [3.63, 3.8) is 0 Å². The molecule has 10 aromatic rings. The van der Waals surface area contributed by atoms with Gasteiger partial charge in [0.2, 0.25) is 0 Å². The third-order valence-corrected chi connectivity index (χ3v) is 15.6. The first-order valence-corrected chi connectivity index (χ1v) is 24.2. The molecular weight excluding hydrogens is 819 g/mol. The average Bonchev–Trinajstić information content (AvgIpc) is 3.76. The monoisotopic (exact) mass is 873 g/mol. The Hall–Kier alpha value is -7.74. The molecule has 2 aliphatic carbocycles. The van der Waals surface area contributed by atoms with Gasteiger partial charge in [-0.1, -0.05) is 236 Å². The van der Waals surface area contributed by atoms with Gasteiger partial charge in [0.1, 0.15) is 0 Å². The predicted octanol–water partition coefficient (Wildman–Crippen LogP) is 18.2. The van der Waals surface area contributed by atoms with E-state index < -0.39 is 0 Å². The van der Waals surface area contributed by atoms with E-state index in [0.29, 0.717) is 0 Å². The van der Waals surface area contributed by atoms with Gasteiger partial charge in [-0.05, 0) is 119 Å². The Bertz CT molecular complexity index is 3590. The van der Waals surface area contributed by atoms with E-state index in [4.69, 9.17) is 0 Å². The molecule has 0 spiro atoms. The van der Waals surface area contributed by atoms with Crippen molar-refractivity contribution in [2.24, 2.45) is 0 Å².